The molecule has 0 aromatic heterocycles. The van der Waals surface area contributed by atoms with Gasteiger partial charge in [-0.05, 0) is 41.3 Å². The van der Waals surface area contributed by atoms with Crippen molar-refractivity contribution in [3.63, 3.8) is 0 Å². The number of amides is 1. The number of nitro benzene ring substituents is 1. The minimum Gasteiger partial charge on any atom is -0.483 e. The molecule has 0 fully saturated rings. The number of hydrogen-bond acceptors (Lipinski definition) is 5. The third-order valence-corrected chi connectivity index (χ3v) is 4.11. The third kappa shape index (κ3) is 6.18. The van der Waals surface area contributed by atoms with Gasteiger partial charge in [-0.25, -0.2) is 5.43 Å². The molecule has 0 unspecified atom stereocenters. The molecule has 0 saturated carbocycles. The van der Waals surface area contributed by atoms with Crippen molar-refractivity contribution in [2.24, 2.45) is 5.10 Å². The van der Waals surface area contributed by atoms with E-state index in [1.807, 2.05) is 18.2 Å². The van der Waals surface area contributed by atoms with Gasteiger partial charge in [0, 0.05) is 22.2 Å². The van der Waals surface area contributed by atoms with Gasteiger partial charge in [0.15, 0.2) is 6.61 Å². The summed E-state index contributed by atoms with van der Waals surface area (Å²) in [4.78, 5) is 22.1. The molecule has 8 heteroatoms. The third-order valence-electron chi connectivity index (χ3n) is 3.62. The Balaban J connectivity index is 1.92. The summed E-state index contributed by atoms with van der Waals surface area (Å²) in [7, 11) is 0. The molecule has 1 N–H and O–H groups in total. The first-order valence-electron chi connectivity index (χ1n) is 8.16. The van der Waals surface area contributed by atoms with Crippen molar-refractivity contribution in [2.75, 3.05) is 6.61 Å². The van der Waals surface area contributed by atoms with E-state index in [0.29, 0.717) is 11.3 Å². The highest BCUT2D eigenvalue weighted by Gasteiger charge is 2.19. The number of nitrogens with one attached hydrogen (secondary N) is 1. The summed E-state index contributed by atoms with van der Waals surface area (Å²) < 4.78 is 6.59. The summed E-state index contributed by atoms with van der Waals surface area (Å²) in [6.07, 6.45) is 1.40. The van der Waals surface area contributed by atoms with Crippen molar-refractivity contribution < 1.29 is 14.5 Å². The molecule has 0 atom stereocenters. The van der Waals surface area contributed by atoms with Gasteiger partial charge >= 0.3 is 0 Å². The van der Waals surface area contributed by atoms with Crippen LogP contribution in [0, 0.1) is 10.1 Å². The predicted octanol–water partition coefficient (Wildman–Crippen LogP) is 4.18. The first-order chi connectivity index (χ1) is 12.7. The minimum absolute atomic E-state index is 0.00580. The summed E-state index contributed by atoms with van der Waals surface area (Å²) in [5.41, 5.74) is 3.84. The van der Waals surface area contributed by atoms with E-state index in [2.05, 4.69) is 47.2 Å². The van der Waals surface area contributed by atoms with E-state index in [1.54, 1.807) is 12.1 Å². The Labute approximate surface area is 165 Å². The van der Waals surface area contributed by atoms with Gasteiger partial charge in [-0.1, -0.05) is 36.7 Å². The molecule has 0 aliphatic rings. The van der Waals surface area contributed by atoms with E-state index in [0.717, 1.165) is 10.0 Å². The van der Waals surface area contributed by atoms with Crippen molar-refractivity contribution in [1.82, 2.24) is 5.43 Å². The van der Waals surface area contributed by atoms with Crippen LogP contribution in [0.5, 0.6) is 5.75 Å². The Morgan fingerprint density at radius 3 is 2.52 bits per heavy atom. The van der Waals surface area contributed by atoms with Crippen molar-refractivity contribution >= 4 is 33.7 Å². The monoisotopic (exact) mass is 433 g/mol. The second kappa shape index (κ2) is 8.77. The Hall–Kier alpha value is -2.74. The number of carbonyl (C=O) groups excluding carboxylic acids is 1. The van der Waals surface area contributed by atoms with Crippen molar-refractivity contribution in [2.45, 2.75) is 26.2 Å². The first-order valence-corrected chi connectivity index (χ1v) is 8.95. The van der Waals surface area contributed by atoms with Gasteiger partial charge in [-0.15, -0.1) is 0 Å². The molecule has 0 saturated heterocycles. The largest absolute Gasteiger partial charge is 0.483 e. The summed E-state index contributed by atoms with van der Waals surface area (Å²) in [5.74, 6) is 0.233. The fourth-order valence-corrected chi connectivity index (χ4v) is 2.61. The number of halogens is 1. The van der Waals surface area contributed by atoms with Crippen LogP contribution in [0.4, 0.5) is 5.69 Å². The van der Waals surface area contributed by atoms with Crippen LogP contribution in [0.25, 0.3) is 0 Å². The summed E-state index contributed by atoms with van der Waals surface area (Å²) in [6.45, 7) is 6.02. The van der Waals surface area contributed by atoms with E-state index in [9.17, 15) is 14.9 Å². The lowest BCUT2D eigenvalue weighted by Crippen LogP contribution is -2.25. The van der Waals surface area contributed by atoms with Crippen LogP contribution in [0.1, 0.15) is 31.9 Å². The topological polar surface area (TPSA) is 93.8 Å². The van der Waals surface area contributed by atoms with Gasteiger partial charge in [0.05, 0.1) is 11.1 Å². The zero-order valence-corrected chi connectivity index (χ0v) is 16.8. The standard InChI is InChI=1S/C19H20BrN3O4/c1-19(2,3)16-10-14(20)6-9-17(16)27-12-18(24)22-21-11-13-4-7-15(8-5-13)23(25)26/h4-11H,12H2,1-3H3,(H,22,24)/b21-11+. The van der Waals surface area contributed by atoms with Crippen LogP contribution >= 0.6 is 15.9 Å². The molecule has 0 aliphatic carbocycles. The Bertz CT molecular complexity index is 858. The maximum absolute atomic E-state index is 11.9. The molecule has 7 nitrogen and oxygen atoms in total. The highest BCUT2D eigenvalue weighted by molar-refractivity contribution is 9.10. The molecule has 2 aromatic carbocycles. The quantitative estimate of drug-likeness (QED) is 0.419. The van der Waals surface area contributed by atoms with Crippen LogP contribution in [0.2, 0.25) is 0 Å². The van der Waals surface area contributed by atoms with Crippen LogP contribution in [0.15, 0.2) is 52.0 Å². The van der Waals surface area contributed by atoms with Crippen molar-refractivity contribution in [3.8, 4) is 5.75 Å². The lowest BCUT2D eigenvalue weighted by atomic mass is 9.86. The summed E-state index contributed by atoms with van der Waals surface area (Å²) in [6, 6.07) is 11.5. The zero-order chi connectivity index (χ0) is 20.0. The van der Waals surface area contributed by atoms with Crippen LogP contribution in [-0.2, 0) is 10.2 Å². The molecule has 0 spiro atoms. The number of nitrogens with zero attached hydrogens (tertiary/aromatic N) is 2. The average Bonchev–Trinajstić information content (AvgIpc) is 2.60. The van der Waals surface area contributed by atoms with E-state index >= 15 is 0 Å². The number of non-ortho nitro benzene ring substituents is 1. The van der Waals surface area contributed by atoms with Crippen LogP contribution in [0.3, 0.4) is 0 Å². The molecule has 0 bridgehead atoms. The minimum atomic E-state index is -0.478. The number of ether oxygens (including phenoxy) is 1. The van der Waals surface area contributed by atoms with Gasteiger partial charge in [0.2, 0.25) is 0 Å². The lowest BCUT2D eigenvalue weighted by molar-refractivity contribution is -0.384. The average molecular weight is 434 g/mol. The molecule has 27 heavy (non-hydrogen) atoms. The van der Waals surface area contributed by atoms with Gasteiger partial charge in [-0.3, -0.25) is 14.9 Å². The molecule has 142 valence electrons. The summed E-state index contributed by atoms with van der Waals surface area (Å²) >= 11 is 3.45. The first kappa shape index (κ1) is 20.6. The van der Waals surface area contributed by atoms with Crippen molar-refractivity contribution in [1.29, 1.82) is 0 Å². The molecular formula is C19H20BrN3O4. The smallest absolute Gasteiger partial charge is 0.277 e. The highest BCUT2D eigenvalue weighted by Crippen LogP contribution is 2.33. The molecule has 0 aliphatic heterocycles. The number of hydrazone groups is 1. The van der Waals surface area contributed by atoms with E-state index in [-0.39, 0.29) is 17.7 Å². The van der Waals surface area contributed by atoms with E-state index < -0.39 is 10.8 Å². The summed E-state index contributed by atoms with van der Waals surface area (Å²) in [5, 5.41) is 14.4. The van der Waals surface area contributed by atoms with Crippen LogP contribution in [-0.4, -0.2) is 23.7 Å². The van der Waals surface area contributed by atoms with Gasteiger partial charge in [0.1, 0.15) is 5.75 Å². The van der Waals surface area contributed by atoms with E-state index in [4.69, 9.17) is 4.74 Å². The van der Waals surface area contributed by atoms with Gasteiger partial charge < -0.3 is 4.74 Å². The number of rotatable bonds is 6. The molecular weight excluding hydrogens is 414 g/mol. The van der Waals surface area contributed by atoms with E-state index in [1.165, 1.54) is 18.3 Å². The molecule has 0 heterocycles. The molecule has 2 aromatic rings. The molecule has 0 radical (unpaired) electrons. The SMILES string of the molecule is CC(C)(C)c1cc(Br)ccc1OCC(=O)N/N=C/c1ccc([N+](=O)[O-])cc1. The lowest BCUT2D eigenvalue weighted by Gasteiger charge is -2.23. The van der Waals surface area contributed by atoms with Crippen LogP contribution < -0.4 is 10.2 Å². The Morgan fingerprint density at radius 2 is 1.93 bits per heavy atom. The molecule has 1 amide bonds. The maximum Gasteiger partial charge on any atom is 0.277 e. The number of carbonyl (C=O) groups is 1. The predicted molar refractivity (Wildman–Crippen MR) is 107 cm³/mol. The highest BCUT2D eigenvalue weighted by atomic mass is 79.9. The fraction of sp³-hybridized carbons (Fsp3) is 0.263. The zero-order valence-electron chi connectivity index (χ0n) is 15.2. The maximum atomic E-state index is 11.9. The fourth-order valence-electron chi connectivity index (χ4n) is 2.25. The van der Waals surface area contributed by atoms with Crippen molar-refractivity contribution in [3.05, 3.63) is 68.2 Å². The second-order valence-corrected chi connectivity index (χ2v) is 7.74. The Kier molecular flexibility index (Phi) is 6.68. The number of benzene rings is 2. The second-order valence-electron chi connectivity index (χ2n) is 6.82. The molecule has 2 rings (SSSR count). The normalized spacial score (nSPS) is 11.4. The van der Waals surface area contributed by atoms with Gasteiger partial charge in [-0.2, -0.15) is 5.10 Å². The number of hydrogen-bond donors (Lipinski definition) is 1. The Morgan fingerprint density at radius 1 is 1.26 bits per heavy atom. The number of nitro groups is 1. The van der Waals surface area contributed by atoms with Gasteiger partial charge in [0.25, 0.3) is 11.6 Å².